The van der Waals surface area contributed by atoms with Crippen LogP contribution in [0.2, 0.25) is 0 Å². The summed E-state index contributed by atoms with van der Waals surface area (Å²) in [4.78, 5) is 0. The number of para-hydroxylation sites is 1. The number of aromatic nitrogens is 1. The van der Waals surface area contributed by atoms with E-state index < -0.39 is 7.21 Å². The Bertz CT molecular complexity index is 1360. The van der Waals surface area contributed by atoms with Gasteiger partial charge in [-0.15, -0.1) is 0 Å². The van der Waals surface area contributed by atoms with Crippen molar-refractivity contribution in [1.29, 1.82) is 0 Å². The molecule has 5 heteroatoms. The molecule has 0 N–H and O–H groups in total. The van der Waals surface area contributed by atoms with E-state index in [1.54, 1.807) is 0 Å². The molecule has 0 radical (unpaired) electrons. The first-order chi connectivity index (χ1) is 15.8. The fourth-order valence-electron chi connectivity index (χ4n) is 5.49. The zero-order valence-electron chi connectivity index (χ0n) is 20.1. The largest absolute Gasteiger partial charge is 0.341 e. The minimum absolute atomic E-state index is 0.0249. The third-order valence-corrected chi connectivity index (χ3v) is 12.3. The molecule has 0 aliphatic carbocycles. The number of hydrogen-bond donors (Lipinski definition) is 0. The van der Waals surface area contributed by atoms with Gasteiger partial charge in [0.2, 0.25) is 0 Å². The maximum absolute atomic E-state index is 5.70. The van der Waals surface area contributed by atoms with Crippen LogP contribution < -0.4 is 5.30 Å². The first kappa shape index (κ1) is 23.1. The Morgan fingerprint density at radius 3 is 2.21 bits per heavy atom. The second-order valence-corrected chi connectivity index (χ2v) is 15.0. The lowest BCUT2D eigenvalue weighted by Crippen LogP contribution is -2.35. The molecule has 0 amide bonds. The molecule has 3 nitrogen and oxygen atoms in total. The molecule has 0 spiro atoms. The number of rotatable bonds is 4. The van der Waals surface area contributed by atoms with Crippen LogP contribution in [-0.2, 0) is 6.54 Å². The predicted molar refractivity (Wildman–Crippen MR) is 153 cm³/mol. The molecule has 4 aromatic rings. The van der Waals surface area contributed by atoms with Gasteiger partial charge in [0.05, 0.1) is 12.9 Å². The molecule has 1 aromatic heterocycles. The van der Waals surface area contributed by atoms with Crippen molar-refractivity contribution in [3.8, 4) is 0 Å². The van der Waals surface area contributed by atoms with E-state index in [-0.39, 0.29) is 5.16 Å². The summed E-state index contributed by atoms with van der Waals surface area (Å²) in [6.07, 6.45) is 2.52. The maximum Gasteiger partial charge on any atom is 0.0720 e. The molecule has 33 heavy (non-hydrogen) atoms. The summed E-state index contributed by atoms with van der Waals surface area (Å²) in [5.41, 5.74) is 3.74. The molecule has 1 aliphatic heterocycles. The first-order valence-corrected chi connectivity index (χ1v) is 14.8. The van der Waals surface area contributed by atoms with E-state index in [2.05, 4.69) is 126 Å². The van der Waals surface area contributed by atoms with Crippen LogP contribution in [0.4, 0.5) is 5.69 Å². The van der Waals surface area contributed by atoms with E-state index in [1.807, 2.05) is 0 Å². The SMILES string of the molecule is CCn1c2ccccc2c2cc([P@@](=Nc3ccc(I)cc3)(N3CCCC3)C(C)(C)C)ccc21. The summed E-state index contributed by atoms with van der Waals surface area (Å²) in [5.74, 6) is 0. The lowest BCUT2D eigenvalue weighted by Gasteiger charge is -2.44. The molecule has 172 valence electrons. The van der Waals surface area contributed by atoms with E-state index in [4.69, 9.17) is 4.74 Å². The van der Waals surface area contributed by atoms with Crippen LogP contribution >= 0.6 is 29.8 Å². The highest BCUT2D eigenvalue weighted by atomic mass is 127. The van der Waals surface area contributed by atoms with Gasteiger partial charge >= 0.3 is 0 Å². The molecule has 5 rings (SSSR count). The van der Waals surface area contributed by atoms with Crippen LogP contribution in [0.3, 0.4) is 0 Å². The standard InChI is InChI=1S/C28H33IN3P/c1-5-32-26-11-7-6-10-24(26)25-20-23(16-17-27(25)32)33(28(2,3)4,31-18-8-9-19-31)30-22-14-12-21(29)13-15-22/h6-7,10-17,20H,5,8-9,18-19H2,1-4H3/t33-/m1/s1. The Morgan fingerprint density at radius 2 is 1.55 bits per heavy atom. The van der Waals surface area contributed by atoms with Crippen molar-refractivity contribution in [2.45, 2.75) is 52.2 Å². The maximum atomic E-state index is 5.70. The summed E-state index contributed by atoms with van der Waals surface area (Å²) < 4.78 is 12.1. The number of aryl methyl sites for hydroxylation is 1. The van der Waals surface area contributed by atoms with Gasteiger partial charge in [0.1, 0.15) is 0 Å². The summed E-state index contributed by atoms with van der Waals surface area (Å²) in [7, 11) is -2.05. The molecule has 0 unspecified atom stereocenters. The summed E-state index contributed by atoms with van der Waals surface area (Å²) in [6, 6.07) is 24.8. The summed E-state index contributed by atoms with van der Waals surface area (Å²) >= 11 is 2.38. The van der Waals surface area contributed by atoms with Gasteiger partial charge in [-0.1, -0.05) is 39.0 Å². The van der Waals surface area contributed by atoms with E-state index in [0.717, 1.165) is 25.3 Å². The first-order valence-electron chi connectivity index (χ1n) is 12.0. The Kier molecular flexibility index (Phi) is 6.22. The molecular formula is C28H33IN3P. The van der Waals surface area contributed by atoms with Gasteiger partial charge in [-0.05, 0) is 90.9 Å². The normalized spacial score (nSPS) is 17.0. The van der Waals surface area contributed by atoms with Gasteiger partial charge in [-0.3, -0.25) is 4.67 Å². The van der Waals surface area contributed by atoms with Crippen LogP contribution in [-0.4, -0.2) is 27.5 Å². The Balaban J connectivity index is 1.85. The van der Waals surface area contributed by atoms with Crippen LogP contribution in [0.1, 0.15) is 40.5 Å². The zero-order valence-corrected chi connectivity index (χ0v) is 23.1. The monoisotopic (exact) mass is 569 g/mol. The molecule has 2 heterocycles. The molecule has 1 atom stereocenters. The number of nitrogens with zero attached hydrogens (tertiary/aromatic N) is 3. The van der Waals surface area contributed by atoms with Crippen molar-refractivity contribution in [3.63, 3.8) is 0 Å². The van der Waals surface area contributed by atoms with Crippen molar-refractivity contribution in [2.24, 2.45) is 4.74 Å². The van der Waals surface area contributed by atoms with E-state index in [0.29, 0.717) is 0 Å². The number of hydrogen-bond acceptors (Lipinski definition) is 1. The van der Waals surface area contributed by atoms with Gasteiger partial charge < -0.3 is 4.57 Å². The molecule has 0 saturated carbocycles. The Morgan fingerprint density at radius 1 is 0.879 bits per heavy atom. The highest BCUT2D eigenvalue weighted by Gasteiger charge is 2.42. The Labute approximate surface area is 211 Å². The lowest BCUT2D eigenvalue weighted by molar-refractivity contribution is 0.538. The predicted octanol–water partition coefficient (Wildman–Crippen LogP) is 8.39. The minimum Gasteiger partial charge on any atom is -0.341 e. The van der Waals surface area contributed by atoms with Crippen molar-refractivity contribution in [3.05, 3.63) is 70.3 Å². The fraction of sp³-hybridized carbons (Fsp3) is 0.357. The third kappa shape index (κ3) is 3.88. The van der Waals surface area contributed by atoms with E-state index in [1.165, 1.54) is 43.5 Å². The number of halogens is 1. The van der Waals surface area contributed by atoms with Crippen molar-refractivity contribution < 1.29 is 0 Å². The van der Waals surface area contributed by atoms with E-state index in [9.17, 15) is 0 Å². The average molecular weight is 569 g/mol. The second-order valence-electron chi connectivity index (χ2n) is 9.97. The van der Waals surface area contributed by atoms with Gasteiger partial charge in [0.15, 0.2) is 0 Å². The zero-order chi connectivity index (χ0) is 23.2. The topological polar surface area (TPSA) is 20.5 Å². The van der Waals surface area contributed by atoms with Crippen molar-refractivity contribution >= 4 is 62.6 Å². The molecule has 0 bridgehead atoms. The highest BCUT2D eigenvalue weighted by molar-refractivity contribution is 14.1. The van der Waals surface area contributed by atoms with Gasteiger partial charge in [-0.2, -0.15) is 0 Å². The number of benzene rings is 3. The highest BCUT2D eigenvalue weighted by Crippen LogP contribution is 2.65. The second kappa shape index (κ2) is 8.87. The fourth-order valence-corrected chi connectivity index (χ4v) is 10.3. The van der Waals surface area contributed by atoms with Gasteiger partial charge in [-0.25, -0.2) is 4.74 Å². The molecular weight excluding hydrogens is 536 g/mol. The number of fused-ring (bicyclic) bond motifs is 3. The van der Waals surface area contributed by atoms with Crippen molar-refractivity contribution in [1.82, 2.24) is 9.24 Å². The van der Waals surface area contributed by atoms with Crippen LogP contribution in [0, 0.1) is 3.57 Å². The van der Waals surface area contributed by atoms with Gasteiger partial charge in [0, 0.05) is 55.5 Å². The smallest absolute Gasteiger partial charge is 0.0720 e. The molecule has 1 saturated heterocycles. The third-order valence-electron chi connectivity index (χ3n) is 6.95. The minimum atomic E-state index is -2.05. The van der Waals surface area contributed by atoms with Crippen LogP contribution in [0.25, 0.3) is 21.8 Å². The Hall–Kier alpha value is -1.62. The van der Waals surface area contributed by atoms with Gasteiger partial charge in [0.25, 0.3) is 0 Å². The summed E-state index contributed by atoms with van der Waals surface area (Å²) in [6.45, 7) is 12.7. The quantitative estimate of drug-likeness (QED) is 0.179. The van der Waals surface area contributed by atoms with Crippen LogP contribution in [0.15, 0.2) is 71.5 Å². The molecule has 1 fully saturated rings. The average Bonchev–Trinajstić information content (AvgIpc) is 3.44. The molecule has 1 aliphatic rings. The van der Waals surface area contributed by atoms with Crippen LogP contribution in [0.5, 0.6) is 0 Å². The lowest BCUT2D eigenvalue weighted by atomic mass is 10.1. The van der Waals surface area contributed by atoms with Crippen molar-refractivity contribution in [2.75, 3.05) is 13.1 Å². The van der Waals surface area contributed by atoms with E-state index >= 15 is 0 Å². The summed E-state index contributed by atoms with van der Waals surface area (Å²) in [5, 5.41) is 4.13. The molecule has 3 aromatic carbocycles.